The van der Waals surface area contributed by atoms with Gasteiger partial charge in [0.15, 0.2) is 0 Å². The Labute approximate surface area is 147 Å². The summed E-state index contributed by atoms with van der Waals surface area (Å²) >= 11 is 0. The van der Waals surface area contributed by atoms with E-state index in [9.17, 15) is 9.59 Å². The predicted octanol–water partition coefficient (Wildman–Crippen LogP) is 2.53. The summed E-state index contributed by atoms with van der Waals surface area (Å²) in [5.41, 5.74) is 1.60. The number of methoxy groups -OCH3 is 1. The molecule has 0 aromatic heterocycles. The molecule has 0 bridgehead atoms. The van der Waals surface area contributed by atoms with Gasteiger partial charge in [0.1, 0.15) is 5.75 Å². The lowest BCUT2D eigenvalue weighted by molar-refractivity contribution is -0.128. The molecule has 1 aliphatic heterocycles. The number of hydrogen-bond acceptors (Lipinski definition) is 4. The van der Waals surface area contributed by atoms with Gasteiger partial charge >= 0.3 is 0 Å². The van der Waals surface area contributed by atoms with Crippen LogP contribution in [0.15, 0.2) is 54.6 Å². The number of rotatable bonds is 5. The standard InChI is InChI=1S/C19H21N3O3/c1-21(16-6-4-3-5-7-16)22-13-14(12-18(22)23)19(24)20-15-8-10-17(25-2)11-9-15/h3-11,14H,12-13H2,1-2H3,(H,20,24). The van der Waals surface area contributed by atoms with Gasteiger partial charge < -0.3 is 10.1 Å². The third-order valence-corrected chi connectivity index (χ3v) is 4.32. The molecule has 1 heterocycles. The van der Waals surface area contributed by atoms with Gasteiger partial charge in [-0.05, 0) is 36.4 Å². The molecular weight excluding hydrogens is 318 g/mol. The molecule has 1 N–H and O–H groups in total. The zero-order valence-electron chi connectivity index (χ0n) is 14.3. The lowest BCUT2D eigenvalue weighted by Gasteiger charge is -2.30. The first-order valence-corrected chi connectivity index (χ1v) is 8.12. The van der Waals surface area contributed by atoms with Crippen LogP contribution in [0.4, 0.5) is 11.4 Å². The minimum Gasteiger partial charge on any atom is -0.497 e. The van der Waals surface area contributed by atoms with E-state index in [0.717, 1.165) is 11.4 Å². The molecule has 130 valence electrons. The van der Waals surface area contributed by atoms with Crippen molar-refractivity contribution in [2.24, 2.45) is 5.92 Å². The second kappa shape index (κ2) is 7.25. The monoisotopic (exact) mass is 339 g/mol. The molecule has 25 heavy (non-hydrogen) atoms. The van der Waals surface area contributed by atoms with Gasteiger partial charge in [-0.15, -0.1) is 0 Å². The highest BCUT2D eigenvalue weighted by Gasteiger charge is 2.36. The van der Waals surface area contributed by atoms with E-state index in [1.54, 1.807) is 41.4 Å². The highest BCUT2D eigenvalue weighted by molar-refractivity contribution is 5.97. The molecule has 2 aromatic carbocycles. The Balaban J connectivity index is 1.64. The Morgan fingerprint density at radius 3 is 2.48 bits per heavy atom. The number of hydrazine groups is 1. The van der Waals surface area contributed by atoms with Crippen molar-refractivity contribution in [1.29, 1.82) is 0 Å². The maximum Gasteiger partial charge on any atom is 0.241 e. The van der Waals surface area contributed by atoms with E-state index in [2.05, 4.69) is 5.32 Å². The minimum absolute atomic E-state index is 0.0544. The van der Waals surface area contributed by atoms with Gasteiger partial charge in [-0.25, -0.2) is 0 Å². The average molecular weight is 339 g/mol. The molecule has 6 nitrogen and oxygen atoms in total. The highest BCUT2D eigenvalue weighted by atomic mass is 16.5. The molecule has 0 aliphatic carbocycles. The largest absolute Gasteiger partial charge is 0.497 e. The third-order valence-electron chi connectivity index (χ3n) is 4.32. The lowest BCUT2D eigenvalue weighted by Crippen LogP contribution is -2.41. The molecule has 1 saturated heterocycles. The fourth-order valence-corrected chi connectivity index (χ4v) is 2.86. The highest BCUT2D eigenvalue weighted by Crippen LogP contribution is 2.25. The van der Waals surface area contributed by atoms with Gasteiger partial charge in [0.05, 0.1) is 25.3 Å². The molecular formula is C19H21N3O3. The predicted molar refractivity (Wildman–Crippen MR) is 96.3 cm³/mol. The number of carbonyl (C=O) groups excluding carboxylic acids is 2. The second-order valence-corrected chi connectivity index (χ2v) is 5.95. The number of nitrogens with zero attached hydrogens (tertiary/aromatic N) is 2. The molecule has 0 saturated carbocycles. The van der Waals surface area contributed by atoms with Gasteiger partial charge in [-0.2, -0.15) is 0 Å². The van der Waals surface area contributed by atoms with Crippen LogP contribution in [0.5, 0.6) is 5.75 Å². The van der Waals surface area contributed by atoms with Crippen molar-refractivity contribution in [3.63, 3.8) is 0 Å². The molecule has 0 spiro atoms. The summed E-state index contributed by atoms with van der Waals surface area (Å²) in [5, 5.41) is 6.28. The Hall–Kier alpha value is -3.02. The van der Waals surface area contributed by atoms with Gasteiger partial charge in [0.2, 0.25) is 11.8 Å². The summed E-state index contributed by atoms with van der Waals surface area (Å²) in [5.74, 6) is 0.147. The first kappa shape index (κ1) is 16.8. The molecule has 1 unspecified atom stereocenters. The number of amides is 2. The summed E-state index contributed by atoms with van der Waals surface area (Å²) in [6, 6.07) is 16.7. The molecule has 2 amide bonds. The number of benzene rings is 2. The third kappa shape index (κ3) is 3.74. The Morgan fingerprint density at radius 2 is 1.84 bits per heavy atom. The normalized spacial score (nSPS) is 16.6. The van der Waals surface area contributed by atoms with Gasteiger partial charge in [-0.3, -0.25) is 19.6 Å². The molecule has 3 rings (SSSR count). The number of carbonyl (C=O) groups is 2. The van der Waals surface area contributed by atoms with Crippen LogP contribution in [-0.2, 0) is 9.59 Å². The first-order valence-electron chi connectivity index (χ1n) is 8.12. The van der Waals surface area contributed by atoms with Crippen molar-refractivity contribution in [2.75, 3.05) is 31.0 Å². The topological polar surface area (TPSA) is 61.9 Å². The van der Waals surface area contributed by atoms with Crippen molar-refractivity contribution >= 4 is 23.2 Å². The van der Waals surface area contributed by atoms with Crippen LogP contribution < -0.4 is 15.1 Å². The van der Waals surface area contributed by atoms with Gasteiger partial charge in [0.25, 0.3) is 0 Å². The van der Waals surface area contributed by atoms with Crippen LogP contribution in [-0.4, -0.2) is 37.5 Å². The van der Waals surface area contributed by atoms with Crippen molar-refractivity contribution in [2.45, 2.75) is 6.42 Å². The SMILES string of the molecule is COc1ccc(NC(=O)C2CC(=O)N(N(C)c3ccccc3)C2)cc1. The average Bonchev–Trinajstić information content (AvgIpc) is 3.04. The van der Waals surface area contributed by atoms with E-state index < -0.39 is 0 Å². The molecule has 1 atom stereocenters. The number of nitrogens with one attached hydrogen (secondary N) is 1. The number of ether oxygens (including phenoxy) is 1. The van der Waals surface area contributed by atoms with Crippen LogP contribution in [0.25, 0.3) is 0 Å². The zero-order chi connectivity index (χ0) is 17.8. The zero-order valence-corrected chi connectivity index (χ0v) is 14.3. The lowest BCUT2D eigenvalue weighted by atomic mass is 10.1. The van der Waals surface area contributed by atoms with Gasteiger partial charge in [0, 0.05) is 19.2 Å². The van der Waals surface area contributed by atoms with Crippen LogP contribution in [0.3, 0.4) is 0 Å². The summed E-state index contributed by atoms with van der Waals surface area (Å²) in [6.07, 6.45) is 0.208. The maximum atomic E-state index is 12.5. The van der Waals surface area contributed by atoms with Crippen LogP contribution >= 0.6 is 0 Å². The van der Waals surface area contributed by atoms with E-state index in [1.807, 2.05) is 37.4 Å². The van der Waals surface area contributed by atoms with E-state index in [-0.39, 0.29) is 24.2 Å². The quantitative estimate of drug-likeness (QED) is 0.909. The fourth-order valence-electron chi connectivity index (χ4n) is 2.86. The van der Waals surface area contributed by atoms with E-state index in [0.29, 0.717) is 12.2 Å². The molecule has 1 aliphatic rings. The summed E-state index contributed by atoms with van der Waals surface area (Å²) in [7, 11) is 3.42. The fraction of sp³-hybridized carbons (Fsp3) is 0.263. The molecule has 1 fully saturated rings. The van der Waals surface area contributed by atoms with E-state index in [4.69, 9.17) is 4.74 Å². The minimum atomic E-state index is -0.374. The molecule has 6 heteroatoms. The Morgan fingerprint density at radius 1 is 1.16 bits per heavy atom. The van der Waals surface area contributed by atoms with E-state index in [1.165, 1.54) is 0 Å². The number of anilines is 2. The maximum absolute atomic E-state index is 12.5. The Kier molecular flexibility index (Phi) is 4.88. The smallest absolute Gasteiger partial charge is 0.241 e. The van der Waals surface area contributed by atoms with Gasteiger partial charge in [-0.1, -0.05) is 18.2 Å². The Bertz CT molecular complexity index is 746. The first-order chi connectivity index (χ1) is 12.1. The van der Waals surface area contributed by atoms with Crippen LogP contribution in [0.2, 0.25) is 0 Å². The van der Waals surface area contributed by atoms with Crippen LogP contribution in [0, 0.1) is 5.92 Å². The number of para-hydroxylation sites is 1. The summed E-state index contributed by atoms with van der Waals surface area (Å²) in [4.78, 5) is 24.8. The molecule has 2 aromatic rings. The van der Waals surface area contributed by atoms with Crippen molar-refractivity contribution in [3.05, 3.63) is 54.6 Å². The number of hydrogen-bond donors (Lipinski definition) is 1. The second-order valence-electron chi connectivity index (χ2n) is 5.95. The van der Waals surface area contributed by atoms with Crippen molar-refractivity contribution in [1.82, 2.24) is 5.01 Å². The van der Waals surface area contributed by atoms with Crippen molar-refractivity contribution < 1.29 is 14.3 Å². The van der Waals surface area contributed by atoms with E-state index >= 15 is 0 Å². The summed E-state index contributed by atoms with van der Waals surface area (Å²) < 4.78 is 5.10. The molecule has 0 radical (unpaired) electrons. The summed E-state index contributed by atoms with van der Waals surface area (Å²) in [6.45, 7) is 0.367. The van der Waals surface area contributed by atoms with Crippen LogP contribution in [0.1, 0.15) is 6.42 Å². The van der Waals surface area contributed by atoms with Crippen molar-refractivity contribution in [3.8, 4) is 5.75 Å².